The molecule has 5 aromatic heterocycles. The lowest BCUT2D eigenvalue weighted by Gasteiger charge is -2.11. The van der Waals surface area contributed by atoms with Gasteiger partial charge in [-0.05, 0) is 154 Å². The van der Waals surface area contributed by atoms with Crippen molar-refractivity contribution in [1.29, 1.82) is 0 Å². The average Bonchev–Trinajstić information content (AvgIpc) is 1.57. The lowest BCUT2D eigenvalue weighted by atomic mass is 10.1. The largest absolute Gasteiger partial charge is 0.355 e. The highest BCUT2D eigenvalue weighted by atomic mass is 79.9. The van der Waals surface area contributed by atoms with Gasteiger partial charge in [-0.3, -0.25) is 0 Å². The molecule has 0 aliphatic heterocycles. The molecular weight excluding hydrogens is 1230 g/mol. The first-order valence-electron chi connectivity index (χ1n) is 32.7. The average molecular weight is 1290 g/mol. The third-order valence-corrected chi connectivity index (χ3v) is 19.6. The summed E-state index contributed by atoms with van der Waals surface area (Å²) in [5, 5.41) is 20.3. The van der Waals surface area contributed by atoms with E-state index in [-0.39, 0.29) is 0 Å². The Labute approximate surface area is 561 Å². The van der Waals surface area contributed by atoms with E-state index in [1.807, 2.05) is 0 Å². The molecule has 0 unspecified atom stereocenters. The molecule has 0 radical (unpaired) electrons. The third kappa shape index (κ3) is 9.76. The summed E-state index contributed by atoms with van der Waals surface area (Å²) in [6, 6.07) is 128. The molecule has 452 valence electrons. The number of fused-ring (bicyclic) bond motifs is 18. The molecule has 0 saturated heterocycles. The minimum atomic E-state index is 1.14. The van der Waals surface area contributed by atoms with Gasteiger partial charge in [0.05, 0.1) is 44.1 Å². The first kappa shape index (κ1) is 56.5. The lowest BCUT2D eigenvalue weighted by molar-refractivity contribution is 1.16. The number of benzene rings is 16. The molecule has 0 spiro atoms. The molecule has 0 amide bonds. The molecule has 0 aliphatic rings. The third-order valence-electron chi connectivity index (χ3n) is 19.1. The van der Waals surface area contributed by atoms with Gasteiger partial charge in [-0.1, -0.05) is 253 Å². The summed E-state index contributed by atoms with van der Waals surface area (Å²) in [5.74, 6) is 0. The molecule has 6 heteroatoms. The van der Waals surface area contributed by atoms with Crippen LogP contribution in [-0.2, 0) is 0 Å². The predicted octanol–water partition coefficient (Wildman–Crippen LogP) is 25.0. The van der Waals surface area contributed by atoms with E-state index in [1.54, 1.807) is 0 Å². The number of para-hydroxylation sites is 8. The Hall–Kier alpha value is -12.2. The van der Waals surface area contributed by atoms with E-state index in [0.717, 1.165) is 21.5 Å². The highest BCUT2D eigenvalue weighted by Gasteiger charge is 2.20. The molecule has 96 heavy (non-hydrogen) atoms. The van der Waals surface area contributed by atoms with Crippen LogP contribution in [0, 0.1) is 0 Å². The molecule has 0 saturated carbocycles. The van der Waals surface area contributed by atoms with Crippen molar-refractivity contribution < 1.29 is 0 Å². The summed E-state index contributed by atoms with van der Waals surface area (Å²) < 4.78 is 10.8. The van der Waals surface area contributed by atoms with E-state index in [2.05, 4.69) is 397 Å². The molecule has 1 N–H and O–H groups in total. The summed E-state index contributed by atoms with van der Waals surface area (Å²) in [6.45, 7) is 0. The fourth-order valence-corrected chi connectivity index (χ4v) is 15.1. The number of H-pyrrole nitrogens is 1. The van der Waals surface area contributed by atoms with Crippen LogP contribution in [0.25, 0.3) is 164 Å². The van der Waals surface area contributed by atoms with Crippen LogP contribution in [0.3, 0.4) is 0 Å². The zero-order valence-electron chi connectivity index (χ0n) is 52.2. The van der Waals surface area contributed by atoms with Crippen LogP contribution in [0.1, 0.15) is 0 Å². The van der Waals surface area contributed by atoms with Crippen molar-refractivity contribution in [3.8, 4) is 22.7 Å². The zero-order valence-corrected chi connectivity index (χ0v) is 53.8. The second-order valence-corrected chi connectivity index (χ2v) is 25.5. The maximum Gasteiger partial charge on any atom is 0.0542 e. The Morgan fingerprint density at radius 1 is 0.177 bits per heavy atom. The molecule has 21 rings (SSSR count). The Kier molecular flexibility index (Phi) is 14.0. The van der Waals surface area contributed by atoms with E-state index in [0.29, 0.717) is 0 Å². The van der Waals surface area contributed by atoms with Gasteiger partial charge < -0.3 is 23.3 Å². The second kappa shape index (κ2) is 23.7. The SMILES string of the molecule is Brc1ccc2ccccc2c1.c1ccc2c(c1)[nH]c1ccccc12.c1ccc2cc(-n3c4ccc(-n5c6ccccc6c6ccccc65)cc4c4cc(-n5c6ccccc6c6ccccc65)ccc43)ccc2c1.c1ccc2cc(-n3c4ccccc4c4ccccc43)ccc2c1. The quantitative estimate of drug-likeness (QED) is 0.182. The Morgan fingerprint density at radius 2 is 0.417 bits per heavy atom. The van der Waals surface area contributed by atoms with E-state index in [1.165, 1.54) is 147 Å². The van der Waals surface area contributed by atoms with Crippen LogP contribution in [-0.4, -0.2) is 23.3 Å². The molecule has 5 nitrogen and oxygen atoms in total. The molecule has 5 heterocycles. The van der Waals surface area contributed by atoms with Gasteiger partial charge in [0.15, 0.2) is 0 Å². The van der Waals surface area contributed by atoms with E-state index >= 15 is 0 Å². The molecular formula is C90H60BrN5. The fourth-order valence-electron chi connectivity index (χ4n) is 14.7. The molecule has 0 aliphatic carbocycles. The zero-order chi connectivity index (χ0) is 63.6. The van der Waals surface area contributed by atoms with Crippen LogP contribution in [0.15, 0.2) is 362 Å². The highest BCUT2D eigenvalue weighted by molar-refractivity contribution is 9.10. The van der Waals surface area contributed by atoms with Gasteiger partial charge in [0.2, 0.25) is 0 Å². The van der Waals surface area contributed by atoms with E-state index < -0.39 is 0 Å². The van der Waals surface area contributed by atoms with Gasteiger partial charge in [-0.15, -0.1) is 0 Å². The predicted molar refractivity (Wildman–Crippen MR) is 413 cm³/mol. The van der Waals surface area contributed by atoms with Gasteiger partial charge in [0.25, 0.3) is 0 Å². The van der Waals surface area contributed by atoms with Crippen LogP contribution < -0.4 is 0 Å². The summed E-state index contributed by atoms with van der Waals surface area (Å²) in [6.07, 6.45) is 0. The van der Waals surface area contributed by atoms with Crippen molar-refractivity contribution in [1.82, 2.24) is 23.3 Å². The summed E-state index contributed by atoms with van der Waals surface area (Å²) >= 11 is 3.43. The number of aromatic amines is 1. The maximum absolute atomic E-state index is 3.43. The monoisotopic (exact) mass is 1290 g/mol. The standard InChI is InChI=1S/C46H29N3.C22H15N.C12H9N.C10H7Br/c1-2-12-31-27-32(22-21-30(31)11-1)47-45-25-23-33(48-41-17-7-3-13-35(41)36-14-4-8-18-42(36)48)28-39(45)40-29-34(24-26-46(40)47)49-43-19-9-5-15-37(43)38-16-6-10-20-44(38)49;1-2-8-17-15-18(14-13-16(17)7-1)23-21-11-5-3-9-19(21)20-10-4-6-12-22(20)23;1-3-7-11-9(5-1)10-6-2-4-8-12(10)13-11;11-10-6-5-8-3-1-2-4-9(8)7-10/h1-29H;1-15H;1-8,13H;1-7H. The molecule has 0 atom stereocenters. The number of hydrogen-bond donors (Lipinski definition) is 1. The maximum atomic E-state index is 3.43. The number of rotatable bonds is 4. The molecule has 0 bridgehead atoms. The Balaban J connectivity index is 0.000000116. The smallest absolute Gasteiger partial charge is 0.0542 e. The van der Waals surface area contributed by atoms with Gasteiger partial charge in [-0.25, -0.2) is 0 Å². The van der Waals surface area contributed by atoms with Crippen LogP contribution in [0.4, 0.5) is 0 Å². The van der Waals surface area contributed by atoms with E-state index in [9.17, 15) is 0 Å². The summed E-state index contributed by atoms with van der Waals surface area (Å²) in [4.78, 5) is 3.38. The highest BCUT2D eigenvalue weighted by Crippen LogP contribution is 2.41. The van der Waals surface area contributed by atoms with Crippen molar-refractivity contribution in [2.45, 2.75) is 0 Å². The molecule has 21 aromatic rings. The van der Waals surface area contributed by atoms with Crippen molar-refractivity contribution in [3.63, 3.8) is 0 Å². The second-order valence-electron chi connectivity index (χ2n) is 24.6. The summed E-state index contributed by atoms with van der Waals surface area (Å²) in [5.41, 5.74) is 16.9. The Morgan fingerprint density at radius 3 is 0.760 bits per heavy atom. The van der Waals surface area contributed by atoms with Gasteiger partial charge >= 0.3 is 0 Å². The van der Waals surface area contributed by atoms with Crippen molar-refractivity contribution >= 4 is 157 Å². The fraction of sp³-hybridized carbons (Fsp3) is 0. The van der Waals surface area contributed by atoms with Crippen LogP contribution >= 0.6 is 15.9 Å². The topological polar surface area (TPSA) is 35.5 Å². The van der Waals surface area contributed by atoms with Crippen molar-refractivity contribution in [2.24, 2.45) is 0 Å². The lowest BCUT2D eigenvalue weighted by Crippen LogP contribution is -1.96. The van der Waals surface area contributed by atoms with E-state index in [4.69, 9.17) is 0 Å². The minimum Gasteiger partial charge on any atom is -0.355 e. The first-order chi connectivity index (χ1) is 47.5. The number of aromatic nitrogens is 5. The van der Waals surface area contributed by atoms with Crippen LogP contribution in [0.5, 0.6) is 0 Å². The number of halogens is 1. The summed E-state index contributed by atoms with van der Waals surface area (Å²) in [7, 11) is 0. The minimum absolute atomic E-state index is 1.14. The van der Waals surface area contributed by atoms with Gasteiger partial charge in [0.1, 0.15) is 0 Å². The van der Waals surface area contributed by atoms with Crippen molar-refractivity contribution in [2.75, 3.05) is 0 Å². The molecule has 16 aromatic carbocycles. The number of nitrogens with zero attached hydrogens (tertiary/aromatic N) is 4. The first-order valence-corrected chi connectivity index (χ1v) is 33.5. The number of nitrogens with one attached hydrogen (secondary N) is 1. The van der Waals surface area contributed by atoms with Crippen LogP contribution in [0.2, 0.25) is 0 Å². The van der Waals surface area contributed by atoms with Crippen molar-refractivity contribution in [3.05, 3.63) is 362 Å². The van der Waals surface area contributed by atoms with Gasteiger partial charge in [0, 0.05) is 92.1 Å². The Bertz CT molecular complexity index is 6190. The van der Waals surface area contributed by atoms with Gasteiger partial charge in [-0.2, -0.15) is 0 Å². The number of hydrogen-bond acceptors (Lipinski definition) is 0. The molecule has 0 fully saturated rings. The normalized spacial score (nSPS) is 11.6.